The third kappa shape index (κ3) is 3.67. The lowest BCUT2D eigenvalue weighted by Gasteiger charge is -2.15. The molecule has 2 N–H and O–H groups in total. The molecule has 0 aliphatic rings. The van der Waals surface area contributed by atoms with Gasteiger partial charge in [-0.3, -0.25) is 0 Å². The molecule has 0 aliphatic heterocycles. The fourth-order valence-electron chi connectivity index (χ4n) is 1.20. The van der Waals surface area contributed by atoms with Crippen molar-refractivity contribution in [3.63, 3.8) is 0 Å². The molecule has 4 nitrogen and oxygen atoms in total. The number of carbonyl (C=O) groups excluding carboxylic acids is 1. The zero-order chi connectivity index (χ0) is 13.0. The standard InChI is InChI=1S/C11H12BrNO3S/c1-6(11(14)15-2)16-9-4-3-7(12)5-8(9)10(13)17/h3-6H,1-2H3,(H2,13,17). The summed E-state index contributed by atoms with van der Waals surface area (Å²) in [6.07, 6.45) is -0.714. The highest BCUT2D eigenvalue weighted by molar-refractivity contribution is 9.10. The Labute approximate surface area is 113 Å². The third-order valence-electron chi connectivity index (χ3n) is 2.04. The number of methoxy groups -OCH3 is 1. The van der Waals surface area contributed by atoms with Crippen LogP contribution in [0.15, 0.2) is 22.7 Å². The van der Waals surface area contributed by atoms with E-state index < -0.39 is 12.1 Å². The summed E-state index contributed by atoms with van der Waals surface area (Å²) in [5, 5.41) is 0. The van der Waals surface area contributed by atoms with E-state index in [4.69, 9.17) is 22.7 Å². The lowest BCUT2D eigenvalue weighted by Crippen LogP contribution is -2.26. The predicted molar refractivity (Wildman–Crippen MR) is 72.1 cm³/mol. The van der Waals surface area contributed by atoms with Crippen LogP contribution in [0.3, 0.4) is 0 Å². The molecule has 0 heterocycles. The summed E-state index contributed by atoms with van der Waals surface area (Å²) in [5.41, 5.74) is 6.16. The number of hydrogen-bond donors (Lipinski definition) is 1. The largest absolute Gasteiger partial charge is 0.478 e. The summed E-state index contributed by atoms with van der Waals surface area (Å²) in [6.45, 7) is 1.59. The van der Waals surface area contributed by atoms with Crippen LogP contribution in [0.25, 0.3) is 0 Å². The average molecular weight is 318 g/mol. The summed E-state index contributed by atoms with van der Waals surface area (Å²) in [7, 11) is 1.30. The molecule has 1 unspecified atom stereocenters. The summed E-state index contributed by atoms with van der Waals surface area (Å²) in [5.74, 6) is 0.000378. The highest BCUT2D eigenvalue weighted by Crippen LogP contribution is 2.24. The second-order valence-electron chi connectivity index (χ2n) is 3.29. The van der Waals surface area contributed by atoms with Crippen LogP contribution in [0.5, 0.6) is 5.75 Å². The minimum Gasteiger partial charge on any atom is -0.478 e. The molecule has 1 aromatic rings. The van der Waals surface area contributed by atoms with Gasteiger partial charge in [0, 0.05) is 4.47 Å². The summed E-state index contributed by atoms with van der Waals surface area (Å²) < 4.78 is 10.9. The first-order chi connectivity index (χ1) is 7.95. The van der Waals surface area contributed by atoms with Crippen molar-refractivity contribution in [3.8, 4) is 5.75 Å². The SMILES string of the molecule is COC(=O)C(C)Oc1ccc(Br)cc1C(N)=S. The maximum absolute atomic E-state index is 11.2. The Morgan fingerprint density at radius 2 is 2.18 bits per heavy atom. The smallest absolute Gasteiger partial charge is 0.346 e. The van der Waals surface area contributed by atoms with E-state index in [9.17, 15) is 4.79 Å². The maximum atomic E-state index is 11.2. The highest BCUT2D eigenvalue weighted by atomic mass is 79.9. The molecule has 0 bridgehead atoms. The van der Waals surface area contributed by atoms with Crippen molar-refractivity contribution in [2.45, 2.75) is 13.0 Å². The van der Waals surface area contributed by atoms with Gasteiger partial charge in [-0.1, -0.05) is 28.1 Å². The average Bonchev–Trinajstić information content (AvgIpc) is 2.29. The lowest BCUT2D eigenvalue weighted by molar-refractivity contribution is -0.147. The van der Waals surface area contributed by atoms with Crippen LogP contribution in [0, 0.1) is 0 Å². The van der Waals surface area contributed by atoms with E-state index in [1.54, 1.807) is 25.1 Å². The number of carbonyl (C=O) groups is 1. The predicted octanol–water partition coefficient (Wildman–Crippen LogP) is 2.02. The lowest BCUT2D eigenvalue weighted by atomic mass is 10.2. The van der Waals surface area contributed by atoms with Gasteiger partial charge in [0.05, 0.1) is 12.7 Å². The van der Waals surface area contributed by atoms with E-state index >= 15 is 0 Å². The number of nitrogens with two attached hydrogens (primary N) is 1. The van der Waals surface area contributed by atoms with Crippen LogP contribution >= 0.6 is 28.1 Å². The van der Waals surface area contributed by atoms with E-state index in [0.29, 0.717) is 11.3 Å². The number of esters is 1. The molecular formula is C11H12BrNO3S. The number of rotatable bonds is 4. The molecule has 0 saturated carbocycles. The first-order valence-corrected chi connectivity index (χ1v) is 5.99. The first kappa shape index (κ1) is 13.9. The van der Waals surface area contributed by atoms with E-state index in [1.807, 2.05) is 0 Å². The third-order valence-corrected chi connectivity index (χ3v) is 2.76. The van der Waals surface area contributed by atoms with Crippen LogP contribution in [-0.2, 0) is 9.53 Å². The zero-order valence-corrected chi connectivity index (χ0v) is 11.8. The number of benzene rings is 1. The van der Waals surface area contributed by atoms with Crippen LogP contribution in [0.1, 0.15) is 12.5 Å². The maximum Gasteiger partial charge on any atom is 0.346 e. The Hall–Kier alpha value is -1.14. The van der Waals surface area contributed by atoms with Gasteiger partial charge in [-0.05, 0) is 25.1 Å². The van der Waals surface area contributed by atoms with Crippen LogP contribution in [0.4, 0.5) is 0 Å². The van der Waals surface area contributed by atoms with Gasteiger partial charge in [-0.15, -0.1) is 0 Å². The topological polar surface area (TPSA) is 61.5 Å². The minimum atomic E-state index is -0.714. The van der Waals surface area contributed by atoms with Crippen molar-refractivity contribution in [1.29, 1.82) is 0 Å². The van der Waals surface area contributed by atoms with Crippen LogP contribution in [-0.4, -0.2) is 24.2 Å². The summed E-state index contributed by atoms with van der Waals surface area (Å²) >= 11 is 8.23. The summed E-state index contributed by atoms with van der Waals surface area (Å²) in [6, 6.07) is 5.21. The van der Waals surface area contributed by atoms with Crippen LogP contribution in [0.2, 0.25) is 0 Å². The molecule has 1 atom stereocenters. The van der Waals surface area contributed by atoms with Crippen molar-refractivity contribution in [2.24, 2.45) is 5.73 Å². The molecule has 92 valence electrons. The van der Waals surface area contributed by atoms with Gasteiger partial charge < -0.3 is 15.2 Å². The normalized spacial score (nSPS) is 11.7. The molecule has 0 aliphatic carbocycles. The van der Waals surface area contributed by atoms with Gasteiger partial charge in [-0.2, -0.15) is 0 Å². The van der Waals surface area contributed by atoms with E-state index in [2.05, 4.69) is 20.7 Å². The Morgan fingerprint density at radius 3 is 2.71 bits per heavy atom. The fourth-order valence-corrected chi connectivity index (χ4v) is 1.72. The van der Waals surface area contributed by atoms with Gasteiger partial charge in [-0.25, -0.2) is 4.79 Å². The van der Waals surface area contributed by atoms with Crippen molar-refractivity contribution < 1.29 is 14.3 Å². The molecule has 6 heteroatoms. The quantitative estimate of drug-likeness (QED) is 0.680. The second kappa shape index (κ2) is 5.97. The fraction of sp³-hybridized carbons (Fsp3) is 0.273. The molecule has 17 heavy (non-hydrogen) atoms. The number of halogens is 1. The highest BCUT2D eigenvalue weighted by Gasteiger charge is 2.17. The second-order valence-corrected chi connectivity index (χ2v) is 4.64. The van der Waals surface area contributed by atoms with Gasteiger partial charge in [0.2, 0.25) is 0 Å². The number of ether oxygens (including phenoxy) is 2. The Morgan fingerprint density at radius 1 is 1.53 bits per heavy atom. The molecule has 0 saturated heterocycles. The van der Waals surface area contributed by atoms with Crippen molar-refractivity contribution >= 4 is 39.1 Å². The zero-order valence-electron chi connectivity index (χ0n) is 9.40. The van der Waals surface area contributed by atoms with Crippen LogP contribution < -0.4 is 10.5 Å². The van der Waals surface area contributed by atoms with Gasteiger partial charge in [0.25, 0.3) is 0 Å². The van der Waals surface area contributed by atoms with Crippen molar-refractivity contribution in [2.75, 3.05) is 7.11 Å². The molecule has 0 fully saturated rings. The van der Waals surface area contributed by atoms with Gasteiger partial charge in [0.1, 0.15) is 10.7 Å². The molecule has 1 rings (SSSR count). The Kier molecular flexibility index (Phi) is 4.89. The molecule has 1 aromatic carbocycles. The molecular weight excluding hydrogens is 306 g/mol. The molecule has 0 radical (unpaired) electrons. The van der Waals surface area contributed by atoms with Crippen molar-refractivity contribution in [3.05, 3.63) is 28.2 Å². The number of thiocarbonyl (C=S) groups is 1. The van der Waals surface area contributed by atoms with E-state index in [-0.39, 0.29) is 4.99 Å². The monoisotopic (exact) mass is 317 g/mol. The number of hydrogen-bond acceptors (Lipinski definition) is 4. The first-order valence-electron chi connectivity index (χ1n) is 4.79. The Balaban J connectivity index is 2.98. The van der Waals surface area contributed by atoms with E-state index in [1.165, 1.54) is 7.11 Å². The van der Waals surface area contributed by atoms with E-state index in [0.717, 1.165) is 4.47 Å². The van der Waals surface area contributed by atoms with Gasteiger partial charge in [0.15, 0.2) is 6.10 Å². The molecule has 0 amide bonds. The molecule has 0 spiro atoms. The van der Waals surface area contributed by atoms with Crippen molar-refractivity contribution in [1.82, 2.24) is 0 Å². The Bertz CT molecular complexity index is 450. The minimum absolute atomic E-state index is 0.207. The molecule has 0 aromatic heterocycles. The summed E-state index contributed by atoms with van der Waals surface area (Å²) in [4.78, 5) is 11.5. The van der Waals surface area contributed by atoms with Gasteiger partial charge >= 0.3 is 5.97 Å².